The molecule has 1 aliphatic heterocycles. The minimum Gasteiger partial charge on any atom is -0.354 e. The van der Waals surface area contributed by atoms with Crippen LogP contribution in [0.15, 0.2) is 29.9 Å². The Kier molecular flexibility index (Phi) is 4.24. The van der Waals surface area contributed by atoms with Gasteiger partial charge in [-0.3, -0.25) is 9.59 Å². The number of thiophene rings is 1. The van der Waals surface area contributed by atoms with Gasteiger partial charge in [0.2, 0.25) is 5.91 Å². The summed E-state index contributed by atoms with van der Waals surface area (Å²) in [6.45, 7) is 4.23. The SMILES string of the molecule is Cc1nccn1CCNC(=O)C1CN(C(=O)c2cccs2)C1. The number of likely N-dealkylation sites (tertiary alicyclic amines) is 1. The van der Waals surface area contributed by atoms with Gasteiger partial charge in [0.05, 0.1) is 10.8 Å². The van der Waals surface area contributed by atoms with Gasteiger partial charge in [-0.05, 0) is 18.4 Å². The zero-order valence-corrected chi connectivity index (χ0v) is 13.2. The summed E-state index contributed by atoms with van der Waals surface area (Å²) >= 11 is 1.43. The van der Waals surface area contributed by atoms with Crippen molar-refractivity contribution >= 4 is 23.2 Å². The van der Waals surface area contributed by atoms with Crippen molar-refractivity contribution in [3.05, 3.63) is 40.6 Å². The van der Waals surface area contributed by atoms with Crippen molar-refractivity contribution < 1.29 is 9.59 Å². The first kappa shape index (κ1) is 14.8. The van der Waals surface area contributed by atoms with Crippen LogP contribution in [-0.4, -0.2) is 45.9 Å². The van der Waals surface area contributed by atoms with E-state index in [-0.39, 0.29) is 17.7 Å². The summed E-state index contributed by atoms with van der Waals surface area (Å²) in [6.07, 6.45) is 3.64. The molecule has 2 amide bonds. The van der Waals surface area contributed by atoms with Gasteiger partial charge in [0, 0.05) is 38.6 Å². The molecule has 0 saturated carbocycles. The maximum absolute atomic E-state index is 12.1. The molecule has 0 aromatic carbocycles. The van der Waals surface area contributed by atoms with Crippen molar-refractivity contribution in [3.63, 3.8) is 0 Å². The van der Waals surface area contributed by atoms with Crippen molar-refractivity contribution in [1.82, 2.24) is 19.8 Å². The second-order valence-electron chi connectivity index (χ2n) is 5.34. The van der Waals surface area contributed by atoms with Gasteiger partial charge in [0.25, 0.3) is 5.91 Å². The van der Waals surface area contributed by atoms with Crippen molar-refractivity contribution in [2.45, 2.75) is 13.5 Å². The number of aryl methyl sites for hydroxylation is 1. The maximum Gasteiger partial charge on any atom is 0.263 e. The molecule has 0 unspecified atom stereocenters. The topological polar surface area (TPSA) is 67.2 Å². The fourth-order valence-electron chi connectivity index (χ4n) is 2.45. The van der Waals surface area contributed by atoms with Crippen LogP contribution in [0.3, 0.4) is 0 Å². The molecule has 22 heavy (non-hydrogen) atoms. The number of imidazole rings is 1. The van der Waals surface area contributed by atoms with E-state index >= 15 is 0 Å². The number of carbonyl (C=O) groups excluding carboxylic acids is 2. The predicted octanol–water partition coefficient (Wildman–Crippen LogP) is 1.14. The number of hydrogen-bond donors (Lipinski definition) is 1. The number of nitrogens with one attached hydrogen (secondary N) is 1. The summed E-state index contributed by atoms with van der Waals surface area (Å²) in [7, 11) is 0. The Balaban J connectivity index is 1.40. The van der Waals surface area contributed by atoms with E-state index in [1.54, 1.807) is 11.1 Å². The molecule has 0 spiro atoms. The summed E-state index contributed by atoms with van der Waals surface area (Å²) in [4.78, 5) is 30.7. The van der Waals surface area contributed by atoms with Crippen LogP contribution in [0.25, 0.3) is 0 Å². The molecule has 3 heterocycles. The lowest BCUT2D eigenvalue weighted by atomic mass is 9.99. The van der Waals surface area contributed by atoms with Crippen molar-refractivity contribution in [2.24, 2.45) is 5.92 Å². The largest absolute Gasteiger partial charge is 0.354 e. The maximum atomic E-state index is 12.1. The molecule has 1 saturated heterocycles. The lowest BCUT2D eigenvalue weighted by molar-refractivity contribution is -0.129. The van der Waals surface area contributed by atoms with Crippen LogP contribution in [0, 0.1) is 12.8 Å². The summed E-state index contributed by atoms with van der Waals surface area (Å²) in [5.74, 6) is 0.888. The summed E-state index contributed by atoms with van der Waals surface area (Å²) in [5.41, 5.74) is 0. The van der Waals surface area contributed by atoms with E-state index in [0.717, 1.165) is 10.7 Å². The Hall–Kier alpha value is -2.15. The zero-order chi connectivity index (χ0) is 15.5. The van der Waals surface area contributed by atoms with Crippen LogP contribution in [0.5, 0.6) is 0 Å². The molecular formula is C15H18N4O2S. The third-order valence-electron chi connectivity index (χ3n) is 3.85. The normalized spacial score (nSPS) is 14.7. The number of aromatic nitrogens is 2. The standard InChI is InChI=1S/C15H18N4O2S/c1-11-16-4-6-18(11)7-5-17-14(20)12-9-19(10-12)15(21)13-3-2-8-22-13/h2-4,6,8,12H,5,7,9-10H2,1H3,(H,17,20). The molecule has 0 bridgehead atoms. The first-order chi connectivity index (χ1) is 10.6. The Morgan fingerprint density at radius 2 is 2.27 bits per heavy atom. The third-order valence-corrected chi connectivity index (χ3v) is 4.70. The van der Waals surface area contributed by atoms with E-state index in [0.29, 0.717) is 26.2 Å². The number of nitrogens with zero attached hydrogens (tertiary/aromatic N) is 3. The van der Waals surface area contributed by atoms with E-state index in [1.807, 2.05) is 35.2 Å². The van der Waals surface area contributed by atoms with E-state index < -0.39 is 0 Å². The van der Waals surface area contributed by atoms with E-state index in [2.05, 4.69) is 10.3 Å². The van der Waals surface area contributed by atoms with Crippen molar-refractivity contribution in [1.29, 1.82) is 0 Å². The Bertz CT molecular complexity index is 659. The number of amides is 2. The molecular weight excluding hydrogens is 300 g/mol. The molecule has 3 rings (SSSR count). The van der Waals surface area contributed by atoms with Crippen LogP contribution in [-0.2, 0) is 11.3 Å². The molecule has 7 heteroatoms. The van der Waals surface area contributed by atoms with Crippen molar-refractivity contribution in [2.75, 3.05) is 19.6 Å². The molecule has 1 N–H and O–H groups in total. The molecule has 0 radical (unpaired) electrons. The minimum atomic E-state index is -0.0900. The van der Waals surface area contributed by atoms with Gasteiger partial charge in [-0.15, -0.1) is 11.3 Å². The quantitative estimate of drug-likeness (QED) is 0.899. The van der Waals surface area contributed by atoms with Gasteiger partial charge < -0.3 is 14.8 Å². The Labute approximate surface area is 132 Å². The Morgan fingerprint density at radius 3 is 2.91 bits per heavy atom. The Morgan fingerprint density at radius 1 is 1.45 bits per heavy atom. The van der Waals surface area contributed by atoms with Crippen LogP contribution in [0.1, 0.15) is 15.5 Å². The molecule has 6 nitrogen and oxygen atoms in total. The van der Waals surface area contributed by atoms with Gasteiger partial charge in [-0.2, -0.15) is 0 Å². The molecule has 0 aliphatic carbocycles. The third kappa shape index (κ3) is 3.04. The molecule has 1 fully saturated rings. The van der Waals surface area contributed by atoms with Gasteiger partial charge in [0.15, 0.2) is 0 Å². The van der Waals surface area contributed by atoms with E-state index in [4.69, 9.17) is 0 Å². The molecule has 2 aromatic heterocycles. The highest BCUT2D eigenvalue weighted by atomic mass is 32.1. The van der Waals surface area contributed by atoms with E-state index in [1.165, 1.54) is 11.3 Å². The second-order valence-corrected chi connectivity index (χ2v) is 6.29. The van der Waals surface area contributed by atoms with Crippen LogP contribution in [0.2, 0.25) is 0 Å². The lowest BCUT2D eigenvalue weighted by Crippen LogP contribution is -2.55. The smallest absolute Gasteiger partial charge is 0.263 e. The number of hydrogen-bond acceptors (Lipinski definition) is 4. The van der Waals surface area contributed by atoms with Crippen molar-refractivity contribution in [3.8, 4) is 0 Å². The number of carbonyl (C=O) groups is 2. The summed E-state index contributed by atoms with van der Waals surface area (Å²) in [5, 5.41) is 4.81. The minimum absolute atomic E-state index is 0.0213. The van der Waals surface area contributed by atoms with Crippen LogP contribution < -0.4 is 5.32 Å². The molecule has 1 aliphatic rings. The van der Waals surface area contributed by atoms with Gasteiger partial charge in [0.1, 0.15) is 5.82 Å². The average Bonchev–Trinajstić information content (AvgIpc) is 3.09. The average molecular weight is 318 g/mol. The first-order valence-corrected chi connectivity index (χ1v) is 8.11. The van der Waals surface area contributed by atoms with Gasteiger partial charge >= 0.3 is 0 Å². The second kappa shape index (κ2) is 6.31. The summed E-state index contributed by atoms with van der Waals surface area (Å²) < 4.78 is 1.99. The van der Waals surface area contributed by atoms with Gasteiger partial charge in [-0.1, -0.05) is 6.07 Å². The lowest BCUT2D eigenvalue weighted by Gasteiger charge is -2.37. The van der Waals surface area contributed by atoms with Crippen LogP contribution >= 0.6 is 11.3 Å². The molecule has 0 atom stereocenters. The molecule has 2 aromatic rings. The van der Waals surface area contributed by atoms with E-state index in [9.17, 15) is 9.59 Å². The number of rotatable bonds is 5. The predicted molar refractivity (Wildman–Crippen MR) is 83.7 cm³/mol. The van der Waals surface area contributed by atoms with Crippen LogP contribution in [0.4, 0.5) is 0 Å². The molecule has 116 valence electrons. The first-order valence-electron chi connectivity index (χ1n) is 7.23. The summed E-state index contributed by atoms with van der Waals surface area (Å²) in [6, 6.07) is 3.67. The monoisotopic (exact) mass is 318 g/mol. The van der Waals surface area contributed by atoms with Gasteiger partial charge in [-0.25, -0.2) is 4.98 Å². The highest BCUT2D eigenvalue weighted by Gasteiger charge is 2.36. The fraction of sp³-hybridized carbons (Fsp3) is 0.400. The highest BCUT2D eigenvalue weighted by molar-refractivity contribution is 7.12. The highest BCUT2D eigenvalue weighted by Crippen LogP contribution is 2.21. The fourth-order valence-corrected chi connectivity index (χ4v) is 3.14. The zero-order valence-electron chi connectivity index (χ0n) is 12.4.